The number of aromatic nitrogens is 1. The molecule has 0 radical (unpaired) electrons. The zero-order chi connectivity index (χ0) is 11.5. The van der Waals surface area contributed by atoms with Gasteiger partial charge in [-0.2, -0.15) is 0 Å². The monoisotopic (exact) mass is 222 g/mol. The van der Waals surface area contributed by atoms with Crippen LogP contribution in [0.5, 0.6) is 0 Å². The van der Waals surface area contributed by atoms with Crippen LogP contribution in [-0.2, 0) is 11.3 Å². The smallest absolute Gasteiger partial charge is 0.0726 e. The minimum Gasteiger partial charge on any atom is -0.392 e. The molecule has 0 bridgehead atoms. The van der Waals surface area contributed by atoms with Crippen molar-refractivity contribution in [2.24, 2.45) is 0 Å². The van der Waals surface area contributed by atoms with Crippen molar-refractivity contribution in [2.45, 2.75) is 32.7 Å². The predicted molar refractivity (Wildman–Crippen MR) is 62.4 cm³/mol. The minimum absolute atomic E-state index is 0.0535. The lowest BCUT2D eigenvalue weighted by molar-refractivity contribution is -0.00533. The van der Waals surface area contributed by atoms with E-state index in [0.29, 0.717) is 0 Å². The van der Waals surface area contributed by atoms with Gasteiger partial charge in [0.05, 0.1) is 30.7 Å². The number of morpholine rings is 1. The van der Waals surface area contributed by atoms with Gasteiger partial charge in [-0.05, 0) is 19.9 Å². The first-order valence-electron chi connectivity index (χ1n) is 5.65. The Kier molecular flexibility index (Phi) is 3.41. The summed E-state index contributed by atoms with van der Waals surface area (Å²) in [4.78, 5) is 6.36. The SMILES string of the molecule is CC1CN(c2cnccc2CO)CC(C)O1. The summed E-state index contributed by atoms with van der Waals surface area (Å²) in [7, 11) is 0. The van der Waals surface area contributed by atoms with Crippen molar-refractivity contribution in [1.29, 1.82) is 0 Å². The normalized spacial score (nSPS) is 25.8. The molecule has 2 atom stereocenters. The van der Waals surface area contributed by atoms with Crippen LogP contribution in [0.4, 0.5) is 5.69 Å². The van der Waals surface area contributed by atoms with Gasteiger partial charge in [-0.3, -0.25) is 4.98 Å². The molecule has 0 spiro atoms. The van der Waals surface area contributed by atoms with E-state index in [0.717, 1.165) is 24.3 Å². The number of rotatable bonds is 2. The quantitative estimate of drug-likeness (QED) is 0.816. The molecule has 88 valence electrons. The molecule has 2 heterocycles. The number of nitrogens with zero attached hydrogens (tertiary/aromatic N) is 2. The van der Waals surface area contributed by atoms with E-state index in [2.05, 4.69) is 23.7 Å². The van der Waals surface area contributed by atoms with Gasteiger partial charge < -0.3 is 14.7 Å². The van der Waals surface area contributed by atoms with E-state index in [1.54, 1.807) is 6.20 Å². The number of hydrogen-bond donors (Lipinski definition) is 1. The molecule has 1 aromatic rings. The molecule has 1 aliphatic heterocycles. The van der Waals surface area contributed by atoms with Crippen LogP contribution in [0.1, 0.15) is 19.4 Å². The largest absolute Gasteiger partial charge is 0.392 e. The van der Waals surface area contributed by atoms with Gasteiger partial charge in [-0.15, -0.1) is 0 Å². The molecule has 1 saturated heterocycles. The average Bonchev–Trinajstić information content (AvgIpc) is 2.27. The van der Waals surface area contributed by atoms with Crippen LogP contribution < -0.4 is 4.90 Å². The molecule has 16 heavy (non-hydrogen) atoms. The number of hydrogen-bond acceptors (Lipinski definition) is 4. The van der Waals surface area contributed by atoms with Crippen LogP contribution in [0.2, 0.25) is 0 Å². The Labute approximate surface area is 95.9 Å². The molecular weight excluding hydrogens is 204 g/mol. The van der Waals surface area contributed by atoms with E-state index in [4.69, 9.17) is 4.74 Å². The van der Waals surface area contributed by atoms with Gasteiger partial charge in [-0.25, -0.2) is 0 Å². The lowest BCUT2D eigenvalue weighted by atomic mass is 10.1. The maximum atomic E-state index is 9.30. The molecule has 2 rings (SSSR count). The number of aliphatic hydroxyl groups is 1. The molecule has 1 aliphatic rings. The molecule has 0 aliphatic carbocycles. The Hall–Kier alpha value is -1.13. The Morgan fingerprint density at radius 2 is 2.12 bits per heavy atom. The highest BCUT2D eigenvalue weighted by molar-refractivity contribution is 5.51. The average molecular weight is 222 g/mol. The number of pyridine rings is 1. The highest BCUT2D eigenvalue weighted by Crippen LogP contribution is 2.23. The van der Waals surface area contributed by atoms with Crippen molar-refractivity contribution < 1.29 is 9.84 Å². The summed E-state index contributed by atoms with van der Waals surface area (Å²) in [5.41, 5.74) is 1.95. The van der Waals surface area contributed by atoms with Crippen LogP contribution >= 0.6 is 0 Å². The fourth-order valence-corrected chi connectivity index (χ4v) is 2.21. The molecule has 0 amide bonds. The van der Waals surface area contributed by atoms with Crippen molar-refractivity contribution in [3.05, 3.63) is 24.0 Å². The zero-order valence-corrected chi connectivity index (χ0v) is 9.76. The third kappa shape index (κ3) is 2.33. The fraction of sp³-hybridized carbons (Fsp3) is 0.583. The number of ether oxygens (including phenoxy) is 1. The molecule has 4 heteroatoms. The first kappa shape index (κ1) is 11.4. The van der Waals surface area contributed by atoms with Gasteiger partial charge in [0.1, 0.15) is 0 Å². The van der Waals surface area contributed by atoms with Crippen LogP contribution in [-0.4, -0.2) is 35.4 Å². The maximum absolute atomic E-state index is 9.30. The standard InChI is InChI=1S/C12H18N2O2/c1-9-6-14(7-10(2)16-9)12-5-13-4-3-11(12)8-15/h3-5,9-10,15H,6-8H2,1-2H3. The molecular formula is C12H18N2O2. The molecule has 1 N–H and O–H groups in total. The van der Waals surface area contributed by atoms with Crippen molar-refractivity contribution in [1.82, 2.24) is 4.98 Å². The van der Waals surface area contributed by atoms with Crippen LogP contribution in [0, 0.1) is 0 Å². The maximum Gasteiger partial charge on any atom is 0.0726 e. The van der Waals surface area contributed by atoms with E-state index in [1.165, 1.54) is 0 Å². The second kappa shape index (κ2) is 4.80. The van der Waals surface area contributed by atoms with Crippen molar-refractivity contribution >= 4 is 5.69 Å². The Morgan fingerprint density at radius 1 is 1.44 bits per heavy atom. The Bertz CT molecular complexity index is 347. The third-order valence-corrected chi connectivity index (χ3v) is 2.82. The lowest BCUT2D eigenvalue weighted by Gasteiger charge is -2.37. The third-order valence-electron chi connectivity index (χ3n) is 2.82. The van der Waals surface area contributed by atoms with Crippen LogP contribution in [0.3, 0.4) is 0 Å². The second-order valence-electron chi connectivity index (χ2n) is 4.32. The second-order valence-corrected chi connectivity index (χ2v) is 4.32. The van der Waals surface area contributed by atoms with Crippen LogP contribution in [0.15, 0.2) is 18.5 Å². The summed E-state index contributed by atoms with van der Waals surface area (Å²) in [6.07, 6.45) is 3.96. The molecule has 2 unspecified atom stereocenters. The summed E-state index contributed by atoms with van der Waals surface area (Å²) < 4.78 is 5.69. The van der Waals surface area contributed by atoms with Gasteiger partial charge in [0, 0.05) is 24.8 Å². The highest BCUT2D eigenvalue weighted by Gasteiger charge is 2.23. The van der Waals surface area contributed by atoms with Crippen LogP contribution in [0.25, 0.3) is 0 Å². The van der Waals surface area contributed by atoms with Crippen molar-refractivity contribution in [3.63, 3.8) is 0 Å². The first-order chi connectivity index (χ1) is 7.70. The predicted octanol–water partition coefficient (Wildman–Crippen LogP) is 1.19. The van der Waals surface area contributed by atoms with E-state index in [-0.39, 0.29) is 18.8 Å². The fourth-order valence-electron chi connectivity index (χ4n) is 2.21. The van der Waals surface area contributed by atoms with Gasteiger partial charge >= 0.3 is 0 Å². The topological polar surface area (TPSA) is 45.6 Å². The van der Waals surface area contributed by atoms with Crippen molar-refractivity contribution in [3.8, 4) is 0 Å². The number of anilines is 1. The van der Waals surface area contributed by atoms with E-state index in [1.807, 2.05) is 12.3 Å². The van der Waals surface area contributed by atoms with Gasteiger partial charge in [0.2, 0.25) is 0 Å². The van der Waals surface area contributed by atoms with E-state index in [9.17, 15) is 5.11 Å². The summed E-state index contributed by atoms with van der Waals surface area (Å²) in [5, 5.41) is 9.30. The van der Waals surface area contributed by atoms with Gasteiger partial charge in [0.25, 0.3) is 0 Å². The lowest BCUT2D eigenvalue weighted by Crippen LogP contribution is -2.45. The van der Waals surface area contributed by atoms with Gasteiger partial charge in [-0.1, -0.05) is 0 Å². The molecule has 1 fully saturated rings. The minimum atomic E-state index is 0.0535. The molecule has 0 aromatic carbocycles. The molecule has 0 saturated carbocycles. The zero-order valence-electron chi connectivity index (χ0n) is 9.76. The molecule has 1 aromatic heterocycles. The van der Waals surface area contributed by atoms with E-state index < -0.39 is 0 Å². The highest BCUT2D eigenvalue weighted by atomic mass is 16.5. The van der Waals surface area contributed by atoms with E-state index >= 15 is 0 Å². The summed E-state index contributed by atoms with van der Waals surface area (Å²) >= 11 is 0. The summed E-state index contributed by atoms with van der Waals surface area (Å²) in [6.45, 7) is 5.89. The van der Waals surface area contributed by atoms with Crippen molar-refractivity contribution in [2.75, 3.05) is 18.0 Å². The Balaban J connectivity index is 2.22. The van der Waals surface area contributed by atoms with Gasteiger partial charge in [0.15, 0.2) is 0 Å². The summed E-state index contributed by atoms with van der Waals surface area (Å²) in [5.74, 6) is 0. The number of aliphatic hydroxyl groups excluding tert-OH is 1. The molecule has 4 nitrogen and oxygen atoms in total. The first-order valence-corrected chi connectivity index (χ1v) is 5.65. The summed E-state index contributed by atoms with van der Waals surface area (Å²) in [6, 6.07) is 1.86. The Morgan fingerprint density at radius 3 is 2.75 bits per heavy atom.